The summed E-state index contributed by atoms with van der Waals surface area (Å²) in [6, 6.07) is 7.27. The van der Waals surface area contributed by atoms with Gasteiger partial charge in [-0.2, -0.15) is 8.78 Å². The SMILES string of the molecule is COc1cc(CSc2ncnc3ccsc23)ccc1SC(F)F. The molecule has 2 heterocycles. The highest BCUT2D eigenvalue weighted by Gasteiger charge is 2.12. The summed E-state index contributed by atoms with van der Waals surface area (Å²) >= 11 is 3.70. The molecule has 3 aromatic rings. The number of ether oxygens (including phenoxy) is 1. The number of alkyl halides is 2. The van der Waals surface area contributed by atoms with Gasteiger partial charge in [-0.1, -0.05) is 17.8 Å². The molecule has 0 saturated carbocycles. The van der Waals surface area contributed by atoms with Crippen LogP contribution in [0.3, 0.4) is 0 Å². The lowest BCUT2D eigenvalue weighted by atomic mass is 10.2. The molecule has 0 atom stereocenters. The highest BCUT2D eigenvalue weighted by Crippen LogP contribution is 2.36. The third-order valence-electron chi connectivity index (χ3n) is 3.03. The van der Waals surface area contributed by atoms with Gasteiger partial charge >= 0.3 is 0 Å². The number of benzene rings is 1. The van der Waals surface area contributed by atoms with Crippen molar-refractivity contribution in [3.8, 4) is 5.75 Å². The maximum Gasteiger partial charge on any atom is 0.289 e. The van der Waals surface area contributed by atoms with Crippen molar-refractivity contribution in [3.63, 3.8) is 0 Å². The molecule has 0 N–H and O–H groups in total. The molecule has 1 aromatic carbocycles. The summed E-state index contributed by atoms with van der Waals surface area (Å²) in [6.07, 6.45) is 1.56. The van der Waals surface area contributed by atoms with Gasteiger partial charge in [0.2, 0.25) is 0 Å². The van der Waals surface area contributed by atoms with Crippen LogP contribution >= 0.6 is 34.9 Å². The quantitative estimate of drug-likeness (QED) is 0.434. The van der Waals surface area contributed by atoms with E-state index in [4.69, 9.17) is 4.74 Å². The molecule has 0 radical (unpaired) electrons. The Labute approximate surface area is 144 Å². The van der Waals surface area contributed by atoms with Gasteiger partial charge in [0.1, 0.15) is 17.1 Å². The second-order valence-corrected chi connectivity index (χ2v) is 7.38. The third-order valence-corrected chi connectivity index (χ3v) is 5.90. The topological polar surface area (TPSA) is 35.0 Å². The molecule has 0 aliphatic rings. The standard InChI is InChI=1S/C15H12F2N2OS3/c1-20-11-6-9(2-3-12(11)23-15(16)17)7-22-14-13-10(4-5-21-13)18-8-19-14/h2-6,8,15H,7H2,1H3. The summed E-state index contributed by atoms with van der Waals surface area (Å²) in [4.78, 5) is 8.98. The minimum absolute atomic E-state index is 0.443. The zero-order chi connectivity index (χ0) is 16.2. The van der Waals surface area contributed by atoms with Crippen LogP contribution in [0.25, 0.3) is 10.2 Å². The second kappa shape index (κ2) is 7.46. The van der Waals surface area contributed by atoms with E-state index in [1.165, 1.54) is 7.11 Å². The fourth-order valence-electron chi connectivity index (χ4n) is 2.02. The highest BCUT2D eigenvalue weighted by molar-refractivity contribution is 7.99. The van der Waals surface area contributed by atoms with Crippen LogP contribution in [-0.4, -0.2) is 22.8 Å². The molecule has 3 rings (SSSR count). The van der Waals surface area contributed by atoms with Crippen LogP contribution in [0.1, 0.15) is 5.56 Å². The maximum atomic E-state index is 12.5. The van der Waals surface area contributed by atoms with E-state index in [0.717, 1.165) is 20.8 Å². The fraction of sp³-hybridized carbons (Fsp3) is 0.200. The minimum Gasteiger partial charge on any atom is -0.496 e. The number of methoxy groups -OCH3 is 1. The predicted octanol–water partition coefficient (Wildman–Crippen LogP) is 5.31. The van der Waals surface area contributed by atoms with Crippen LogP contribution in [0.4, 0.5) is 8.78 Å². The summed E-state index contributed by atoms with van der Waals surface area (Å²) in [6.45, 7) is 0. The van der Waals surface area contributed by atoms with E-state index in [0.29, 0.717) is 28.2 Å². The Bertz CT molecular complexity index is 810. The number of thiophene rings is 1. The summed E-state index contributed by atoms with van der Waals surface area (Å²) < 4.78 is 31.3. The van der Waals surface area contributed by atoms with Crippen molar-refractivity contribution in [2.75, 3.05) is 7.11 Å². The fourth-order valence-corrected chi connectivity index (χ4v) is 4.50. The molecule has 0 fully saturated rings. The van der Waals surface area contributed by atoms with Crippen LogP contribution in [-0.2, 0) is 5.75 Å². The number of nitrogens with zero attached hydrogens (tertiary/aromatic N) is 2. The molecule has 0 bridgehead atoms. The summed E-state index contributed by atoms with van der Waals surface area (Å²) in [5, 5.41) is 2.91. The average Bonchev–Trinajstić information content (AvgIpc) is 3.02. The molecule has 0 amide bonds. The van der Waals surface area contributed by atoms with E-state index in [1.807, 2.05) is 17.5 Å². The molecule has 0 spiro atoms. The molecule has 0 unspecified atom stereocenters. The van der Waals surface area contributed by atoms with Crippen LogP contribution in [0.5, 0.6) is 5.75 Å². The number of rotatable bonds is 6. The van der Waals surface area contributed by atoms with Crippen LogP contribution in [0, 0.1) is 0 Å². The van der Waals surface area contributed by atoms with Crippen molar-refractivity contribution < 1.29 is 13.5 Å². The normalized spacial score (nSPS) is 11.3. The van der Waals surface area contributed by atoms with Gasteiger partial charge in [-0.25, -0.2) is 9.97 Å². The van der Waals surface area contributed by atoms with Crippen molar-refractivity contribution in [1.29, 1.82) is 0 Å². The van der Waals surface area contributed by atoms with Gasteiger partial charge in [-0.3, -0.25) is 0 Å². The van der Waals surface area contributed by atoms with Crippen molar-refractivity contribution in [1.82, 2.24) is 9.97 Å². The van der Waals surface area contributed by atoms with Gasteiger partial charge in [0, 0.05) is 5.75 Å². The summed E-state index contributed by atoms with van der Waals surface area (Å²) in [7, 11) is 1.49. The molecule has 0 aliphatic carbocycles. The molecule has 120 valence electrons. The number of fused-ring (bicyclic) bond motifs is 1. The van der Waals surface area contributed by atoms with E-state index in [-0.39, 0.29) is 0 Å². The Morgan fingerprint density at radius 3 is 2.91 bits per heavy atom. The monoisotopic (exact) mass is 370 g/mol. The van der Waals surface area contributed by atoms with E-state index >= 15 is 0 Å². The first-order valence-corrected chi connectivity index (χ1v) is 9.34. The van der Waals surface area contributed by atoms with Gasteiger partial charge in [-0.05, 0) is 29.1 Å². The Hall–Kier alpha value is -1.38. The molecule has 3 nitrogen and oxygen atoms in total. The van der Waals surface area contributed by atoms with Crippen LogP contribution < -0.4 is 4.74 Å². The van der Waals surface area contributed by atoms with Gasteiger partial charge in [0.05, 0.1) is 22.2 Å². The van der Waals surface area contributed by atoms with E-state index < -0.39 is 5.76 Å². The lowest BCUT2D eigenvalue weighted by Gasteiger charge is -2.10. The number of thioether (sulfide) groups is 2. The average molecular weight is 370 g/mol. The number of hydrogen-bond donors (Lipinski definition) is 0. The van der Waals surface area contributed by atoms with Gasteiger partial charge < -0.3 is 4.74 Å². The Balaban J connectivity index is 1.76. The molecular weight excluding hydrogens is 358 g/mol. The Morgan fingerprint density at radius 1 is 1.26 bits per heavy atom. The van der Waals surface area contributed by atoms with Crippen molar-refractivity contribution in [2.45, 2.75) is 21.4 Å². The maximum absolute atomic E-state index is 12.5. The molecule has 2 aromatic heterocycles. The van der Waals surface area contributed by atoms with Gasteiger partial charge in [0.25, 0.3) is 5.76 Å². The Morgan fingerprint density at radius 2 is 2.13 bits per heavy atom. The first-order chi connectivity index (χ1) is 11.2. The van der Waals surface area contributed by atoms with Crippen molar-refractivity contribution in [2.24, 2.45) is 0 Å². The molecule has 0 saturated heterocycles. The second-order valence-electron chi connectivity index (χ2n) is 4.47. The highest BCUT2D eigenvalue weighted by atomic mass is 32.2. The van der Waals surface area contributed by atoms with Crippen molar-refractivity contribution in [3.05, 3.63) is 41.5 Å². The van der Waals surface area contributed by atoms with E-state index in [9.17, 15) is 8.78 Å². The number of halogens is 2. The smallest absolute Gasteiger partial charge is 0.289 e. The Kier molecular flexibility index (Phi) is 5.34. The zero-order valence-corrected chi connectivity index (χ0v) is 14.5. The first-order valence-electron chi connectivity index (χ1n) is 6.60. The molecular formula is C15H12F2N2OS3. The third kappa shape index (κ3) is 3.94. The lowest BCUT2D eigenvalue weighted by Crippen LogP contribution is -1.92. The van der Waals surface area contributed by atoms with Gasteiger partial charge in [0.15, 0.2) is 0 Å². The first kappa shape index (κ1) is 16.5. The van der Waals surface area contributed by atoms with Crippen molar-refractivity contribution >= 4 is 45.1 Å². The van der Waals surface area contributed by atoms with E-state index in [2.05, 4.69) is 9.97 Å². The van der Waals surface area contributed by atoms with Gasteiger partial charge in [-0.15, -0.1) is 23.1 Å². The predicted molar refractivity (Wildman–Crippen MR) is 91.8 cm³/mol. The zero-order valence-electron chi connectivity index (χ0n) is 12.0. The number of aromatic nitrogens is 2. The van der Waals surface area contributed by atoms with E-state index in [1.54, 1.807) is 41.6 Å². The lowest BCUT2D eigenvalue weighted by molar-refractivity contribution is 0.251. The summed E-state index contributed by atoms with van der Waals surface area (Å²) in [5.41, 5.74) is 1.93. The van der Waals surface area contributed by atoms with Crippen LogP contribution in [0.2, 0.25) is 0 Å². The molecule has 0 aliphatic heterocycles. The minimum atomic E-state index is -2.46. The molecule has 23 heavy (non-hydrogen) atoms. The largest absolute Gasteiger partial charge is 0.496 e. The van der Waals surface area contributed by atoms with Crippen LogP contribution in [0.15, 0.2) is 45.9 Å². The molecule has 8 heteroatoms. The number of hydrogen-bond acceptors (Lipinski definition) is 6. The summed E-state index contributed by atoms with van der Waals surface area (Å²) in [5.74, 6) is -1.31.